The Balaban J connectivity index is 1.99. The maximum atomic E-state index is 12.3. The van der Waals surface area contributed by atoms with Gasteiger partial charge >= 0.3 is 0 Å². The predicted molar refractivity (Wildman–Crippen MR) is 101 cm³/mol. The predicted octanol–water partition coefficient (Wildman–Crippen LogP) is 3.85. The highest BCUT2D eigenvalue weighted by Gasteiger charge is 2.14. The Morgan fingerprint density at radius 1 is 1.08 bits per heavy atom. The van der Waals surface area contributed by atoms with Gasteiger partial charge < -0.3 is 14.8 Å². The number of aryl methyl sites for hydroxylation is 1. The van der Waals surface area contributed by atoms with Gasteiger partial charge in [0.15, 0.2) is 18.1 Å². The van der Waals surface area contributed by atoms with Gasteiger partial charge in [0.1, 0.15) is 6.29 Å². The smallest absolute Gasteiger partial charge is 0.258 e. The fourth-order valence-electron chi connectivity index (χ4n) is 2.58. The first kappa shape index (κ1) is 19.5. The first-order valence-electron chi connectivity index (χ1n) is 8.78. The minimum atomic E-state index is -0.209. The van der Waals surface area contributed by atoms with Crippen LogP contribution in [0.2, 0.25) is 0 Å². The molecule has 0 saturated heterocycles. The number of carbonyl (C=O) groups is 2. The number of hydrogen-bond donors (Lipinski definition) is 1. The van der Waals surface area contributed by atoms with Crippen molar-refractivity contribution in [3.63, 3.8) is 0 Å². The highest BCUT2D eigenvalue weighted by Crippen LogP contribution is 2.28. The van der Waals surface area contributed by atoms with E-state index in [4.69, 9.17) is 9.47 Å². The van der Waals surface area contributed by atoms with Gasteiger partial charge in [0.05, 0.1) is 12.6 Å². The van der Waals surface area contributed by atoms with Crippen molar-refractivity contribution >= 4 is 12.2 Å². The highest BCUT2D eigenvalue weighted by molar-refractivity contribution is 5.79. The van der Waals surface area contributed by atoms with Gasteiger partial charge in [-0.3, -0.25) is 9.59 Å². The summed E-state index contributed by atoms with van der Waals surface area (Å²) in [6.45, 7) is 6.22. The van der Waals surface area contributed by atoms with Crippen LogP contribution in [0.1, 0.15) is 47.8 Å². The zero-order valence-electron chi connectivity index (χ0n) is 15.5. The Labute approximate surface area is 154 Å². The number of carbonyl (C=O) groups excluding carboxylic acids is 2. The third kappa shape index (κ3) is 5.34. The van der Waals surface area contributed by atoms with Crippen molar-refractivity contribution in [1.82, 2.24) is 5.32 Å². The first-order chi connectivity index (χ1) is 12.6. The van der Waals surface area contributed by atoms with Gasteiger partial charge in [-0.1, -0.05) is 36.8 Å². The maximum Gasteiger partial charge on any atom is 0.258 e. The van der Waals surface area contributed by atoms with Crippen LogP contribution in [0.3, 0.4) is 0 Å². The summed E-state index contributed by atoms with van der Waals surface area (Å²) in [6, 6.07) is 12.9. The molecule has 0 radical (unpaired) electrons. The van der Waals surface area contributed by atoms with Gasteiger partial charge in [0.25, 0.3) is 5.91 Å². The van der Waals surface area contributed by atoms with E-state index in [0.29, 0.717) is 23.7 Å². The van der Waals surface area contributed by atoms with Gasteiger partial charge in [0, 0.05) is 5.56 Å². The zero-order valence-corrected chi connectivity index (χ0v) is 15.5. The minimum Gasteiger partial charge on any atom is -0.490 e. The second-order valence-electron chi connectivity index (χ2n) is 5.98. The maximum absolute atomic E-state index is 12.3. The molecule has 0 unspecified atom stereocenters. The van der Waals surface area contributed by atoms with Crippen LogP contribution in [0.5, 0.6) is 11.5 Å². The number of aldehydes is 1. The zero-order chi connectivity index (χ0) is 18.9. The van der Waals surface area contributed by atoms with Crippen LogP contribution in [0.25, 0.3) is 0 Å². The molecule has 0 fully saturated rings. The average molecular weight is 355 g/mol. The molecule has 2 aromatic carbocycles. The second kappa shape index (κ2) is 9.61. The van der Waals surface area contributed by atoms with Crippen molar-refractivity contribution in [2.45, 2.75) is 33.2 Å². The number of hydrogen-bond acceptors (Lipinski definition) is 4. The van der Waals surface area contributed by atoms with E-state index in [2.05, 4.69) is 5.32 Å². The van der Waals surface area contributed by atoms with Gasteiger partial charge in [-0.2, -0.15) is 0 Å². The second-order valence-corrected chi connectivity index (χ2v) is 5.98. The lowest BCUT2D eigenvalue weighted by molar-refractivity contribution is -0.123. The van der Waals surface area contributed by atoms with Crippen molar-refractivity contribution in [3.05, 3.63) is 59.2 Å². The molecule has 5 nitrogen and oxygen atoms in total. The molecule has 0 bridgehead atoms. The summed E-state index contributed by atoms with van der Waals surface area (Å²) in [5.41, 5.74) is 2.74. The number of nitrogens with one attached hydrogen (secondary N) is 1. The Morgan fingerprint density at radius 3 is 2.42 bits per heavy atom. The third-order valence-electron chi connectivity index (χ3n) is 3.99. The molecule has 1 N–H and O–H groups in total. The molecular weight excluding hydrogens is 330 g/mol. The van der Waals surface area contributed by atoms with E-state index >= 15 is 0 Å². The van der Waals surface area contributed by atoms with Gasteiger partial charge in [-0.15, -0.1) is 0 Å². The molecule has 0 aromatic heterocycles. The van der Waals surface area contributed by atoms with Crippen LogP contribution in [0.15, 0.2) is 42.5 Å². The molecule has 1 atom stereocenters. The molecule has 2 aromatic rings. The van der Waals surface area contributed by atoms with Crippen LogP contribution in [-0.2, 0) is 4.79 Å². The molecule has 0 spiro atoms. The van der Waals surface area contributed by atoms with Gasteiger partial charge in [0.2, 0.25) is 0 Å². The molecule has 0 heterocycles. The SMILES string of the molecule is CCOc1cc(C=O)ccc1OCC(=O)N[C@H](CC)c1ccc(C)cc1. The molecular formula is C21H25NO4. The summed E-state index contributed by atoms with van der Waals surface area (Å²) in [5, 5.41) is 2.99. The van der Waals surface area contributed by atoms with E-state index < -0.39 is 0 Å². The average Bonchev–Trinajstić information content (AvgIpc) is 2.66. The Bertz CT molecular complexity index is 740. The van der Waals surface area contributed by atoms with Crippen molar-refractivity contribution in [1.29, 1.82) is 0 Å². The molecule has 0 aliphatic heterocycles. The molecule has 0 saturated carbocycles. The number of benzene rings is 2. The largest absolute Gasteiger partial charge is 0.490 e. The molecule has 26 heavy (non-hydrogen) atoms. The Hall–Kier alpha value is -2.82. The molecule has 2 rings (SSSR count). The topological polar surface area (TPSA) is 64.6 Å². The summed E-state index contributed by atoms with van der Waals surface area (Å²) in [4.78, 5) is 23.2. The molecule has 138 valence electrons. The van der Waals surface area contributed by atoms with Crippen molar-refractivity contribution in [3.8, 4) is 11.5 Å². The van der Waals surface area contributed by atoms with E-state index in [1.165, 1.54) is 5.56 Å². The fraction of sp³-hybridized carbons (Fsp3) is 0.333. The Kier molecular flexibility index (Phi) is 7.21. The molecule has 0 aliphatic carbocycles. The summed E-state index contributed by atoms with van der Waals surface area (Å²) < 4.78 is 11.1. The number of amides is 1. The fourth-order valence-corrected chi connectivity index (χ4v) is 2.58. The summed E-state index contributed by atoms with van der Waals surface area (Å²) >= 11 is 0. The highest BCUT2D eigenvalue weighted by atomic mass is 16.5. The van der Waals surface area contributed by atoms with Crippen LogP contribution < -0.4 is 14.8 Å². The lowest BCUT2D eigenvalue weighted by Gasteiger charge is -2.18. The van der Waals surface area contributed by atoms with E-state index in [-0.39, 0.29) is 18.6 Å². The lowest BCUT2D eigenvalue weighted by Crippen LogP contribution is -2.32. The van der Waals surface area contributed by atoms with Crippen LogP contribution in [-0.4, -0.2) is 25.4 Å². The van der Waals surface area contributed by atoms with E-state index in [1.807, 2.05) is 45.0 Å². The standard InChI is InChI=1S/C21H25NO4/c1-4-18(17-9-6-15(3)7-10-17)22-21(24)14-26-19-11-8-16(13-23)12-20(19)25-5-2/h6-13,18H,4-5,14H2,1-3H3,(H,22,24)/t18-/m1/s1. The minimum absolute atomic E-state index is 0.0597. The monoisotopic (exact) mass is 355 g/mol. The third-order valence-corrected chi connectivity index (χ3v) is 3.99. The van der Waals surface area contributed by atoms with Gasteiger partial charge in [-0.05, 0) is 44.0 Å². The van der Waals surface area contributed by atoms with E-state index in [0.717, 1.165) is 18.3 Å². The summed E-state index contributed by atoms with van der Waals surface area (Å²) in [7, 11) is 0. The first-order valence-corrected chi connectivity index (χ1v) is 8.78. The van der Waals surface area contributed by atoms with Crippen molar-refractivity contribution < 1.29 is 19.1 Å². The number of ether oxygens (including phenoxy) is 2. The molecule has 0 aliphatic rings. The summed E-state index contributed by atoms with van der Waals surface area (Å²) in [5.74, 6) is 0.686. The van der Waals surface area contributed by atoms with Crippen LogP contribution >= 0.6 is 0 Å². The van der Waals surface area contributed by atoms with Gasteiger partial charge in [-0.25, -0.2) is 0 Å². The normalized spacial score (nSPS) is 11.5. The van der Waals surface area contributed by atoms with Crippen LogP contribution in [0, 0.1) is 6.92 Å². The quantitative estimate of drug-likeness (QED) is 0.694. The Morgan fingerprint density at radius 2 is 1.81 bits per heavy atom. The number of rotatable bonds is 9. The van der Waals surface area contributed by atoms with Crippen molar-refractivity contribution in [2.24, 2.45) is 0 Å². The summed E-state index contributed by atoms with van der Waals surface area (Å²) in [6.07, 6.45) is 1.53. The van der Waals surface area contributed by atoms with Crippen molar-refractivity contribution in [2.75, 3.05) is 13.2 Å². The van der Waals surface area contributed by atoms with E-state index in [9.17, 15) is 9.59 Å². The van der Waals surface area contributed by atoms with Crippen LogP contribution in [0.4, 0.5) is 0 Å². The molecule has 1 amide bonds. The van der Waals surface area contributed by atoms with E-state index in [1.54, 1.807) is 18.2 Å². The lowest BCUT2D eigenvalue weighted by atomic mass is 10.0. The molecule has 5 heteroatoms.